The fourth-order valence-corrected chi connectivity index (χ4v) is 1.53. The number of para-hydroxylation sites is 1. The molecule has 0 unspecified atom stereocenters. The molecule has 0 bridgehead atoms. The zero-order chi connectivity index (χ0) is 13.2. The molecule has 1 N–H and O–H groups in total. The number of hydrogen-bond acceptors (Lipinski definition) is 2. The third kappa shape index (κ3) is 2.71. The molecule has 0 saturated heterocycles. The number of aromatic nitrogens is 1. The van der Waals surface area contributed by atoms with Gasteiger partial charge in [-0.15, -0.1) is 13.2 Å². The molecular weight excluding hydrogens is 247 g/mol. The summed E-state index contributed by atoms with van der Waals surface area (Å²) in [6, 6.07) is 6.73. The zero-order valence-corrected chi connectivity index (χ0v) is 8.99. The Balaban J connectivity index is 2.52. The first-order chi connectivity index (χ1) is 8.47. The Hall–Kier alpha value is -2.24. The minimum absolute atomic E-state index is 0.0941. The molecule has 1 aromatic carbocycles. The van der Waals surface area contributed by atoms with E-state index in [1.807, 2.05) is 0 Å². The van der Waals surface area contributed by atoms with Gasteiger partial charge in [-0.3, -0.25) is 4.79 Å². The highest BCUT2D eigenvalue weighted by molar-refractivity contribution is 5.69. The van der Waals surface area contributed by atoms with Gasteiger partial charge >= 0.3 is 6.36 Å². The van der Waals surface area contributed by atoms with E-state index in [1.54, 1.807) is 0 Å². The van der Waals surface area contributed by atoms with Crippen LogP contribution in [0, 0.1) is 0 Å². The van der Waals surface area contributed by atoms with Crippen LogP contribution in [0.3, 0.4) is 0 Å². The predicted molar refractivity (Wildman–Crippen MR) is 59.2 cm³/mol. The van der Waals surface area contributed by atoms with Gasteiger partial charge in [0.25, 0.3) is 0 Å². The Morgan fingerprint density at radius 2 is 1.78 bits per heavy atom. The van der Waals surface area contributed by atoms with Gasteiger partial charge in [0.2, 0.25) is 0 Å². The summed E-state index contributed by atoms with van der Waals surface area (Å²) in [4.78, 5) is 14.2. The smallest absolute Gasteiger partial charge is 0.405 e. The van der Waals surface area contributed by atoms with Crippen molar-refractivity contribution >= 4 is 0 Å². The molecule has 0 amide bonds. The van der Waals surface area contributed by atoms with Crippen LogP contribution in [0.2, 0.25) is 0 Å². The number of rotatable bonds is 2. The Morgan fingerprint density at radius 3 is 2.44 bits per heavy atom. The third-order valence-electron chi connectivity index (χ3n) is 2.23. The van der Waals surface area contributed by atoms with Crippen LogP contribution in [0.15, 0.2) is 47.5 Å². The number of aromatic amines is 1. The van der Waals surface area contributed by atoms with Crippen LogP contribution in [0.1, 0.15) is 0 Å². The van der Waals surface area contributed by atoms with Gasteiger partial charge in [0, 0.05) is 29.6 Å². The second kappa shape index (κ2) is 4.56. The van der Waals surface area contributed by atoms with Crippen molar-refractivity contribution < 1.29 is 17.9 Å². The van der Waals surface area contributed by atoms with Crippen molar-refractivity contribution in [1.82, 2.24) is 4.98 Å². The summed E-state index contributed by atoms with van der Waals surface area (Å²) in [7, 11) is 0. The Morgan fingerprint density at radius 1 is 1.06 bits per heavy atom. The van der Waals surface area contributed by atoms with Gasteiger partial charge in [-0.2, -0.15) is 0 Å². The number of halogens is 3. The minimum atomic E-state index is -4.79. The summed E-state index contributed by atoms with van der Waals surface area (Å²) >= 11 is 0. The molecule has 0 aliphatic carbocycles. The molecule has 2 aromatic rings. The quantitative estimate of drug-likeness (QED) is 0.896. The van der Waals surface area contributed by atoms with E-state index in [-0.39, 0.29) is 16.6 Å². The zero-order valence-electron chi connectivity index (χ0n) is 8.99. The van der Waals surface area contributed by atoms with E-state index < -0.39 is 12.1 Å². The number of alkyl halides is 3. The Bertz CT molecular complexity index is 605. The number of nitrogens with one attached hydrogen (secondary N) is 1. The molecule has 94 valence electrons. The molecule has 2 rings (SSSR count). The van der Waals surface area contributed by atoms with Crippen molar-refractivity contribution in [2.75, 3.05) is 0 Å². The lowest BCUT2D eigenvalue weighted by atomic mass is 10.1. The summed E-state index contributed by atoms with van der Waals surface area (Å²) in [5.74, 6) is -0.401. The van der Waals surface area contributed by atoms with Gasteiger partial charge in [-0.05, 0) is 6.07 Å². The molecule has 0 fully saturated rings. The van der Waals surface area contributed by atoms with Crippen molar-refractivity contribution in [1.29, 1.82) is 0 Å². The largest absolute Gasteiger partial charge is 0.573 e. The van der Waals surface area contributed by atoms with Crippen LogP contribution in [-0.4, -0.2) is 11.3 Å². The highest BCUT2D eigenvalue weighted by atomic mass is 19.4. The van der Waals surface area contributed by atoms with Crippen LogP contribution < -0.4 is 10.2 Å². The van der Waals surface area contributed by atoms with Crippen molar-refractivity contribution in [2.24, 2.45) is 0 Å². The highest BCUT2D eigenvalue weighted by Gasteiger charge is 2.32. The van der Waals surface area contributed by atoms with Gasteiger partial charge in [0.15, 0.2) is 5.43 Å². The molecule has 1 heterocycles. The summed E-state index contributed by atoms with van der Waals surface area (Å²) in [5.41, 5.74) is -0.166. The highest BCUT2D eigenvalue weighted by Crippen LogP contribution is 2.31. The Labute approximate surface area is 99.8 Å². The predicted octanol–water partition coefficient (Wildman–Crippen LogP) is 2.94. The van der Waals surface area contributed by atoms with Crippen molar-refractivity contribution in [3.05, 3.63) is 52.9 Å². The maximum atomic E-state index is 12.2. The van der Waals surface area contributed by atoms with Crippen LogP contribution in [-0.2, 0) is 0 Å². The summed E-state index contributed by atoms with van der Waals surface area (Å²) in [6.07, 6.45) is -2.06. The van der Waals surface area contributed by atoms with E-state index >= 15 is 0 Å². The first-order valence-corrected chi connectivity index (χ1v) is 4.99. The number of hydrogen-bond donors (Lipinski definition) is 1. The Kier molecular flexibility index (Phi) is 3.10. The van der Waals surface area contributed by atoms with Gasteiger partial charge in [-0.1, -0.05) is 18.2 Å². The van der Waals surface area contributed by atoms with Gasteiger partial charge < -0.3 is 9.72 Å². The maximum Gasteiger partial charge on any atom is 0.573 e. The topological polar surface area (TPSA) is 42.1 Å². The number of pyridine rings is 1. The molecule has 0 atom stereocenters. The summed E-state index contributed by atoms with van der Waals surface area (Å²) in [6.45, 7) is 0. The molecule has 0 saturated carbocycles. The van der Waals surface area contributed by atoms with E-state index in [1.165, 1.54) is 36.7 Å². The SMILES string of the molecule is O=c1cc[nH]cc1-c1ccccc1OC(F)(F)F. The van der Waals surface area contributed by atoms with E-state index in [9.17, 15) is 18.0 Å². The van der Waals surface area contributed by atoms with Gasteiger partial charge in [0.1, 0.15) is 5.75 Å². The van der Waals surface area contributed by atoms with Crippen LogP contribution in [0.25, 0.3) is 11.1 Å². The fraction of sp³-hybridized carbons (Fsp3) is 0.0833. The summed E-state index contributed by atoms with van der Waals surface area (Å²) < 4.78 is 40.6. The van der Waals surface area contributed by atoms with Crippen LogP contribution in [0.5, 0.6) is 5.75 Å². The minimum Gasteiger partial charge on any atom is -0.405 e. The van der Waals surface area contributed by atoms with Crippen molar-refractivity contribution in [3.63, 3.8) is 0 Å². The van der Waals surface area contributed by atoms with Gasteiger partial charge in [0.05, 0.1) is 0 Å². The molecule has 0 spiro atoms. The lowest BCUT2D eigenvalue weighted by Crippen LogP contribution is -2.18. The van der Waals surface area contributed by atoms with E-state index in [4.69, 9.17) is 0 Å². The molecule has 1 aromatic heterocycles. The monoisotopic (exact) mass is 255 g/mol. The molecule has 3 nitrogen and oxygen atoms in total. The maximum absolute atomic E-state index is 12.2. The first kappa shape index (κ1) is 12.2. The first-order valence-electron chi connectivity index (χ1n) is 4.99. The third-order valence-corrected chi connectivity index (χ3v) is 2.23. The normalized spacial score (nSPS) is 11.3. The number of H-pyrrole nitrogens is 1. The standard InChI is InChI=1S/C12H8F3NO2/c13-12(14,15)18-11-4-2-1-3-8(11)9-7-16-6-5-10(9)17/h1-7H,(H,16,17). The summed E-state index contributed by atoms with van der Waals surface area (Å²) in [5, 5.41) is 0. The van der Waals surface area contributed by atoms with Crippen molar-refractivity contribution in [3.8, 4) is 16.9 Å². The van der Waals surface area contributed by atoms with E-state index in [0.717, 1.165) is 6.07 Å². The molecular formula is C12H8F3NO2. The van der Waals surface area contributed by atoms with E-state index in [0.29, 0.717) is 0 Å². The second-order valence-electron chi connectivity index (χ2n) is 3.47. The molecule has 18 heavy (non-hydrogen) atoms. The number of ether oxygens (including phenoxy) is 1. The van der Waals surface area contributed by atoms with Crippen LogP contribution >= 0.6 is 0 Å². The lowest BCUT2D eigenvalue weighted by molar-refractivity contribution is -0.274. The van der Waals surface area contributed by atoms with E-state index in [2.05, 4.69) is 9.72 Å². The molecule has 6 heteroatoms. The van der Waals surface area contributed by atoms with Gasteiger partial charge in [-0.25, -0.2) is 0 Å². The fourth-order valence-electron chi connectivity index (χ4n) is 1.53. The average Bonchev–Trinajstić information content (AvgIpc) is 2.29. The second-order valence-corrected chi connectivity index (χ2v) is 3.47. The van der Waals surface area contributed by atoms with Crippen LogP contribution in [0.4, 0.5) is 13.2 Å². The number of benzene rings is 1. The molecule has 0 aliphatic rings. The average molecular weight is 255 g/mol. The van der Waals surface area contributed by atoms with Crippen molar-refractivity contribution in [2.45, 2.75) is 6.36 Å². The molecule has 0 aliphatic heterocycles. The molecule has 0 radical (unpaired) electrons. The lowest BCUT2D eigenvalue weighted by Gasteiger charge is -2.12.